The van der Waals surface area contributed by atoms with Crippen LogP contribution in [0.5, 0.6) is 5.75 Å². The molecule has 2 rings (SSSR count). The van der Waals surface area contributed by atoms with Crippen molar-refractivity contribution in [2.45, 2.75) is 6.04 Å². The lowest BCUT2D eigenvalue weighted by molar-refractivity contribution is 0.276. The third-order valence-electron chi connectivity index (χ3n) is 2.88. The molecule has 0 amide bonds. The van der Waals surface area contributed by atoms with Gasteiger partial charge in [0.2, 0.25) is 0 Å². The average Bonchev–Trinajstić information content (AvgIpc) is 2.44. The normalized spacial score (nSPS) is 12.0. The van der Waals surface area contributed by atoms with E-state index in [1.165, 1.54) is 0 Å². The first kappa shape index (κ1) is 15.0. The Bertz CT molecular complexity index is 570. The Balaban J connectivity index is 2.23. The van der Waals surface area contributed by atoms with Gasteiger partial charge in [0, 0.05) is 21.8 Å². The summed E-state index contributed by atoms with van der Waals surface area (Å²) < 4.78 is 5.17. The van der Waals surface area contributed by atoms with E-state index >= 15 is 0 Å². The van der Waals surface area contributed by atoms with Gasteiger partial charge in [-0.25, -0.2) is 0 Å². The second-order valence-electron chi connectivity index (χ2n) is 4.31. The zero-order valence-electron chi connectivity index (χ0n) is 10.9. The van der Waals surface area contributed by atoms with Crippen LogP contribution in [0.15, 0.2) is 42.5 Å². The topological polar surface area (TPSA) is 41.5 Å². The average molecular weight is 312 g/mol. The molecule has 20 heavy (non-hydrogen) atoms. The van der Waals surface area contributed by atoms with Crippen LogP contribution in [0.2, 0.25) is 10.0 Å². The molecule has 0 saturated heterocycles. The summed E-state index contributed by atoms with van der Waals surface area (Å²) in [4.78, 5) is 0. The zero-order valence-corrected chi connectivity index (χ0v) is 12.4. The summed E-state index contributed by atoms with van der Waals surface area (Å²) in [7, 11) is 1.61. The van der Waals surface area contributed by atoms with Crippen molar-refractivity contribution < 1.29 is 9.84 Å². The molecule has 0 aliphatic heterocycles. The van der Waals surface area contributed by atoms with Crippen molar-refractivity contribution >= 4 is 28.9 Å². The van der Waals surface area contributed by atoms with Crippen molar-refractivity contribution in [1.29, 1.82) is 0 Å². The number of benzene rings is 2. The van der Waals surface area contributed by atoms with Crippen molar-refractivity contribution in [2.24, 2.45) is 0 Å². The Labute approximate surface area is 128 Å². The maximum Gasteiger partial charge on any atom is 0.120 e. The number of hydrogen-bond acceptors (Lipinski definition) is 3. The van der Waals surface area contributed by atoms with Gasteiger partial charge in [0.05, 0.1) is 19.8 Å². The second-order valence-corrected chi connectivity index (χ2v) is 5.19. The molecular weight excluding hydrogens is 297 g/mol. The molecule has 0 aliphatic carbocycles. The van der Waals surface area contributed by atoms with Crippen LogP contribution in [0.1, 0.15) is 11.6 Å². The number of anilines is 1. The molecule has 2 N–H and O–H groups in total. The van der Waals surface area contributed by atoms with Crippen molar-refractivity contribution in [3.63, 3.8) is 0 Å². The van der Waals surface area contributed by atoms with Gasteiger partial charge < -0.3 is 15.2 Å². The summed E-state index contributed by atoms with van der Waals surface area (Å²) in [6, 6.07) is 12.4. The van der Waals surface area contributed by atoms with Gasteiger partial charge in [-0.3, -0.25) is 0 Å². The lowest BCUT2D eigenvalue weighted by Gasteiger charge is -2.19. The number of methoxy groups -OCH3 is 1. The molecule has 0 aliphatic rings. The summed E-state index contributed by atoms with van der Waals surface area (Å²) in [5.41, 5.74) is 1.67. The van der Waals surface area contributed by atoms with E-state index in [0.29, 0.717) is 10.0 Å². The number of hydrogen-bond donors (Lipinski definition) is 2. The molecule has 0 aromatic heterocycles. The fraction of sp³-hybridized carbons (Fsp3) is 0.200. The van der Waals surface area contributed by atoms with E-state index in [0.717, 1.165) is 17.0 Å². The smallest absolute Gasteiger partial charge is 0.120 e. The quantitative estimate of drug-likeness (QED) is 0.871. The van der Waals surface area contributed by atoms with Gasteiger partial charge in [-0.05, 0) is 35.9 Å². The highest BCUT2D eigenvalue weighted by Crippen LogP contribution is 2.27. The van der Waals surface area contributed by atoms with Crippen LogP contribution in [0.25, 0.3) is 0 Å². The van der Waals surface area contributed by atoms with Crippen LogP contribution in [-0.2, 0) is 0 Å². The maximum atomic E-state index is 9.57. The Morgan fingerprint density at radius 3 is 2.45 bits per heavy atom. The largest absolute Gasteiger partial charge is 0.497 e. The van der Waals surface area contributed by atoms with Crippen molar-refractivity contribution in [3.05, 3.63) is 58.1 Å². The van der Waals surface area contributed by atoms with Gasteiger partial charge in [0.25, 0.3) is 0 Å². The Hall–Kier alpha value is -1.42. The van der Waals surface area contributed by atoms with Crippen LogP contribution in [0, 0.1) is 0 Å². The number of rotatable bonds is 5. The van der Waals surface area contributed by atoms with E-state index in [2.05, 4.69) is 5.32 Å². The molecule has 5 heteroatoms. The SMILES string of the molecule is COc1cccc(NC(CO)c2cc(Cl)cc(Cl)c2)c1. The number of halogens is 2. The third kappa shape index (κ3) is 3.79. The van der Waals surface area contributed by atoms with E-state index in [9.17, 15) is 5.11 Å². The molecule has 0 radical (unpaired) electrons. The third-order valence-corrected chi connectivity index (χ3v) is 3.32. The number of ether oxygens (including phenoxy) is 1. The molecule has 0 fully saturated rings. The van der Waals surface area contributed by atoms with E-state index in [1.807, 2.05) is 24.3 Å². The van der Waals surface area contributed by atoms with Gasteiger partial charge in [-0.1, -0.05) is 29.3 Å². The Morgan fingerprint density at radius 1 is 1.15 bits per heavy atom. The van der Waals surface area contributed by atoms with E-state index in [4.69, 9.17) is 27.9 Å². The highest BCUT2D eigenvalue weighted by molar-refractivity contribution is 6.34. The predicted molar refractivity (Wildman–Crippen MR) is 82.9 cm³/mol. The standard InChI is InChI=1S/C15H15Cl2NO2/c1-20-14-4-2-3-13(8-14)18-15(9-19)10-5-11(16)7-12(17)6-10/h2-8,15,18-19H,9H2,1H3. The molecular formula is C15H15Cl2NO2. The van der Waals surface area contributed by atoms with Crippen LogP contribution in [-0.4, -0.2) is 18.8 Å². The minimum Gasteiger partial charge on any atom is -0.497 e. The fourth-order valence-corrected chi connectivity index (χ4v) is 2.47. The van der Waals surface area contributed by atoms with Gasteiger partial charge in [-0.15, -0.1) is 0 Å². The molecule has 0 spiro atoms. The highest BCUT2D eigenvalue weighted by Gasteiger charge is 2.12. The molecule has 2 aromatic carbocycles. The first-order valence-corrected chi connectivity index (χ1v) is 6.85. The zero-order chi connectivity index (χ0) is 14.5. The summed E-state index contributed by atoms with van der Waals surface area (Å²) >= 11 is 12.0. The minimum absolute atomic E-state index is 0.0755. The van der Waals surface area contributed by atoms with Crippen LogP contribution in [0.4, 0.5) is 5.69 Å². The van der Waals surface area contributed by atoms with Crippen LogP contribution in [0.3, 0.4) is 0 Å². The van der Waals surface area contributed by atoms with Crippen molar-refractivity contribution in [1.82, 2.24) is 0 Å². The molecule has 0 saturated carbocycles. The number of aliphatic hydroxyl groups is 1. The molecule has 2 aromatic rings. The second kappa shape index (κ2) is 6.84. The first-order chi connectivity index (χ1) is 9.62. The summed E-state index contributed by atoms with van der Waals surface area (Å²) in [6.07, 6.45) is 0. The molecule has 106 valence electrons. The van der Waals surface area contributed by atoms with Gasteiger partial charge in [-0.2, -0.15) is 0 Å². The molecule has 1 atom stereocenters. The van der Waals surface area contributed by atoms with Crippen LogP contribution >= 0.6 is 23.2 Å². The van der Waals surface area contributed by atoms with E-state index in [-0.39, 0.29) is 12.6 Å². The fourth-order valence-electron chi connectivity index (χ4n) is 1.92. The van der Waals surface area contributed by atoms with Crippen molar-refractivity contribution in [2.75, 3.05) is 19.0 Å². The van der Waals surface area contributed by atoms with Crippen LogP contribution < -0.4 is 10.1 Å². The monoisotopic (exact) mass is 311 g/mol. The maximum absolute atomic E-state index is 9.57. The Morgan fingerprint density at radius 2 is 1.85 bits per heavy atom. The lowest BCUT2D eigenvalue weighted by atomic mass is 10.1. The summed E-state index contributed by atoms with van der Waals surface area (Å²) in [5.74, 6) is 0.746. The molecule has 1 unspecified atom stereocenters. The molecule has 3 nitrogen and oxygen atoms in total. The van der Waals surface area contributed by atoms with Gasteiger partial charge in [0.15, 0.2) is 0 Å². The summed E-state index contributed by atoms with van der Waals surface area (Å²) in [6.45, 7) is -0.0755. The summed E-state index contributed by atoms with van der Waals surface area (Å²) in [5, 5.41) is 13.9. The number of aliphatic hydroxyl groups excluding tert-OH is 1. The van der Waals surface area contributed by atoms with Gasteiger partial charge >= 0.3 is 0 Å². The van der Waals surface area contributed by atoms with E-state index < -0.39 is 0 Å². The lowest BCUT2D eigenvalue weighted by Crippen LogP contribution is -2.14. The van der Waals surface area contributed by atoms with Gasteiger partial charge in [0.1, 0.15) is 5.75 Å². The predicted octanol–water partition coefficient (Wildman–Crippen LogP) is 4.15. The minimum atomic E-state index is -0.293. The van der Waals surface area contributed by atoms with Crippen molar-refractivity contribution in [3.8, 4) is 5.75 Å². The van der Waals surface area contributed by atoms with E-state index in [1.54, 1.807) is 25.3 Å². The molecule has 0 bridgehead atoms. The first-order valence-electron chi connectivity index (χ1n) is 6.10. The highest BCUT2D eigenvalue weighted by atomic mass is 35.5. The molecule has 0 heterocycles. The number of nitrogens with one attached hydrogen (secondary N) is 1. The Kier molecular flexibility index (Phi) is 5.12.